The number of methoxy groups -OCH3 is 3. The molecule has 256 valence electrons. The van der Waals surface area contributed by atoms with Gasteiger partial charge in [0.2, 0.25) is 5.75 Å². The summed E-state index contributed by atoms with van der Waals surface area (Å²) >= 11 is 0. The Labute approximate surface area is 276 Å². The van der Waals surface area contributed by atoms with Gasteiger partial charge in [0, 0.05) is 32.6 Å². The van der Waals surface area contributed by atoms with Crippen molar-refractivity contribution >= 4 is 23.0 Å². The lowest BCUT2D eigenvalue weighted by Crippen LogP contribution is -2.16. The van der Waals surface area contributed by atoms with Crippen LogP contribution in [0.5, 0.6) is 17.2 Å². The van der Waals surface area contributed by atoms with Crippen molar-refractivity contribution < 1.29 is 47.4 Å². The van der Waals surface area contributed by atoms with Crippen LogP contribution in [0.4, 0.5) is 17.1 Å². The van der Waals surface area contributed by atoms with Crippen molar-refractivity contribution in [1.82, 2.24) is 0 Å². The molecule has 13 nitrogen and oxygen atoms in total. The van der Waals surface area contributed by atoms with Crippen molar-refractivity contribution in [2.24, 2.45) is 10.2 Å². The van der Waals surface area contributed by atoms with E-state index in [0.717, 1.165) is 5.69 Å². The molecule has 0 fully saturated rings. The molecule has 0 atom stereocenters. The van der Waals surface area contributed by atoms with Crippen LogP contribution in [-0.4, -0.2) is 107 Å². The van der Waals surface area contributed by atoms with Crippen LogP contribution in [-0.2, 0) is 28.4 Å². The number of ether oxygens (including phenoxy) is 9. The Balaban J connectivity index is 1.77. The third-order valence-corrected chi connectivity index (χ3v) is 6.19. The van der Waals surface area contributed by atoms with Crippen LogP contribution in [0, 0.1) is 0 Å². The Hall–Kier alpha value is -4.11. The highest BCUT2D eigenvalue weighted by Crippen LogP contribution is 2.39. The van der Waals surface area contributed by atoms with Gasteiger partial charge in [-0.25, -0.2) is 0 Å². The maximum atomic E-state index is 13.5. The molecule has 0 aromatic heterocycles. The molecule has 1 N–H and O–H groups in total. The summed E-state index contributed by atoms with van der Waals surface area (Å²) in [7, 11) is 4.82. The van der Waals surface area contributed by atoms with E-state index in [2.05, 4.69) is 15.5 Å². The van der Waals surface area contributed by atoms with Gasteiger partial charge < -0.3 is 47.9 Å². The van der Waals surface area contributed by atoms with E-state index in [0.29, 0.717) is 93.6 Å². The van der Waals surface area contributed by atoms with E-state index in [-0.39, 0.29) is 25.7 Å². The monoisotopic (exact) mass is 655 g/mol. The van der Waals surface area contributed by atoms with Crippen molar-refractivity contribution in [3.8, 4) is 17.2 Å². The number of carbonyl (C=O) groups is 1. The van der Waals surface area contributed by atoms with Crippen molar-refractivity contribution in [1.29, 1.82) is 0 Å². The maximum absolute atomic E-state index is 13.5. The zero-order valence-corrected chi connectivity index (χ0v) is 27.3. The van der Waals surface area contributed by atoms with Crippen LogP contribution >= 0.6 is 0 Å². The molecule has 0 aliphatic heterocycles. The van der Waals surface area contributed by atoms with Crippen LogP contribution in [0.25, 0.3) is 0 Å². The number of nitrogens with one attached hydrogen (secondary N) is 1. The molecule has 0 saturated carbocycles. The highest BCUT2D eigenvalue weighted by molar-refractivity contribution is 6.05. The maximum Gasteiger partial charge on any atom is 0.255 e. The number of rotatable bonds is 25. The molecule has 47 heavy (non-hydrogen) atoms. The average molecular weight is 656 g/mol. The second-order valence-corrected chi connectivity index (χ2v) is 9.70. The van der Waals surface area contributed by atoms with E-state index in [1.54, 1.807) is 57.7 Å². The first kappa shape index (κ1) is 37.3. The van der Waals surface area contributed by atoms with Crippen molar-refractivity contribution in [3.63, 3.8) is 0 Å². The van der Waals surface area contributed by atoms with Crippen LogP contribution < -0.4 is 19.5 Å². The van der Waals surface area contributed by atoms with Crippen molar-refractivity contribution in [2.45, 2.75) is 0 Å². The zero-order chi connectivity index (χ0) is 33.4. The van der Waals surface area contributed by atoms with Crippen LogP contribution in [0.1, 0.15) is 10.4 Å². The number of hydrogen-bond donors (Lipinski definition) is 1. The van der Waals surface area contributed by atoms with Gasteiger partial charge in [0.05, 0.1) is 70.8 Å². The molecule has 13 heteroatoms. The summed E-state index contributed by atoms with van der Waals surface area (Å²) in [6.45, 7) is 4.22. The highest BCUT2D eigenvalue weighted by Gasteiger charge is 2.20. The van der Waals surface area contributed by atoms with E-state index in [9.17, 15) is 4.79 Å². The summed E-state index contributed by atoms with van der Waals surface area (Å²) < 4.78 is 49.9. The van der Waals surface area contributed by atoms with Crippen LogP contribution in [0.2, 0.25) is 0 Å². The molecule has 1 amide bonds. The Morgan fingerprint density at radius 3 is 1.49 bits per heavy atom. The Kier molecular flexibility index (Phi) is 18.5. The van der Waals surface area contributed by atoms with Gasteiger partial charge in [-0.1, -0.05) is 18.2 Å². The molecule has 0 bridgehead atoms. The summed E-state index contributed by atoms with van der Waals surface area (Å²) in [5, 5.41) is 11.4. The third-order valence-electron chi connectivity index (χ3n) is 6.19. The molecule has 0 unspecified atom stereocenters. The summed E-state index contributed by atoms with van der Waals surface area (Å²) in [5.41, 5.74) is 2.26. The van der Waals surface area contributed by atoms with E-state index >= 15 is 0 Å². The topological polar surface area (TPSA) is 137 Å². The normalized spacial score (nSPS) is 11.1. The quantitative estimate of drug-likeness (QED) is 0.0923. The fraction of sp³-hybridized carbons (Fsp3) is 0.441. The van der Waals surface area contributed by atoms with Gasteiger partial charge in [-0.15, -0.1) is 0 Å². The predicted molar refractivity (Wildman–Crippen MR) is 176 cm³/mol. The molecule has 0 radical (unpaired) electrons. The number of azo groups is 1. The summed E-state index contributed by atoms with van der Waals surface area (Å²) in [6.07, 6.45) is 0. The molecular weight excluding hydrogens is 610 g/mol. The number of amides is 1. The molecule has 3 aromatic carbocycles. The lowest BCUT2D eigenvalue weighted by atomic mass is 10.1. The Morgan fingerprint density at radius 1 is 0.553 bits per heavy atom. The predicted octanol–water partition coefficient (Wildman–Crippen LogP) is 5.48. The fourth-order valence-electron chi connectivity index (χ4n) is 3.85. The van der Waals surface area contributed by atoms with E-state index in [4.69, 9.17) is 42.6 Å². The third kappa shape index (κ3) is 14.9. The largest absolute Gasteiger partial charge is 0.487 e. The van der Waals surface area contributed by atoms with E-state index < -0.39 is 0 Å². The molecule has 3 aromatic rings. The number of hydrogen-bond acceptors (Lipinski definition) is 12. The van der Waals surface area contributed by atoms with Gasteiger partial charge in [0.15, 0.2) is 11.5 Å². The Morgan fingerprint density at radius 2 is 1.00 bits per heavy atom. The lowest BCUT2D eigenvalue weighted by molar-refractivity contribution is 0.0468. The lowest BCUT2D eigenvalue weighted by Gasteiger charge is -2.19. The highest BCUT2D eigenvalue weighted by atomic mass is 16.6. The fourth-order valence-corrected chi connectivity index (χ4v) is 3.85. The summed E-state index contributed by atoms with van der Waals surface area (Å²) in [4.78, 5) is 13.5. The second-order valence-electron chi connectivity index (χ2n) is 9.70. The Bertz CT molecular complexity index is 1270. The first-order valence-corrected chi connectivity index (χ1v) is 15.3. The number of anilines is 1. The van der Waals surface area contributed by atoms with Crippen molar-refractivity contribution in [3.05, 3.63) is 72.3 Å². The van der Waals surface area contributed by atoms with E-state index in [1.807, 2.05) is 30.3 Å². The van der Waals surface area contributed by atoms with Crippen LogP contribution in [0.3, 0.4) is 0 Å². The molecule has 0 aliphatic carbocycles. The minimum Gasteiger partial charge on any atom is -0.487 e. The van der Waals surface area contributed by atoms with Gasteiger partial charge in [-0.3, -0.25) is 4.79 Å². The molecule has 3 rings (SSSR count). The van der Waals surface area contributed by atoms with Gasteiger partial charge in [-0.2, -0.15) is 10.2 Å². The minimum absolute atomic E-state index is 0.202. The molecule has 0 spiro atoms. The van der Waals surface area contributed by atoms with Gasteiger partial charge >= 0.3 is 0 Å². The molecule has 0 aliphatic rings. The number of carbonyl (C=O) groups excluding carboxylic acids is 1. The van der Waals surface area contributed by atoms with Gasteiger partial charge in [-0.05, 0) is 48.5 Å². The smallest absolute Gasteiger partial charge is 0.255 e. The molecule has 0 saturated heterocycles. The minimum atomic E-state index is -0.375. The van der Waals surface area contributed by atoms with E-state index in [1.165, 1.54) is 0 Å². The summed E-state index contributed by atoms with van der Waals surface area (Å²) in [6, 6.07) is 19.7. The van der Waals surface area contributed by atoms with Gasteiger partial charge in [0.25, 0.3) is 5.91 Å². The summed E-state index contributed by atoms with van der Waals surface area (Å²) in [5.74, 6) is 0.591. The first-order valence-electron chi connectivity index (χ1n) is 15.3. The van der Waals surface area contributed by atoms with Crippen molar-refractivity contribution in [2.75, 3.05) is 106 Å². The second kappa shape index (κ2) is 23.2. The zero-order valence-electron chi connectivity index (χ0n) is 27.3. The molecular formula is C34H45N3O10. The SMILES string of the molecule is COCCOCCOc1cc(C(=O)Nc2ccc(/N=N/c3ccccc3)cc2)cc(OCCOCCOC)c1OCCOCCOC. The number of benzene rings is 3. The van der Waals surface area contributed by atoms with Crippen LogP contribution in [0.15, 0.2) is 77.0 Å². The first-order chi connectivity index (χ1) is 23.1. The average Bonchev–Trinajstić information content (AvgIpc) is 3.10. The number of nitrogens with zero attached hydrogens (tertiary/aromatic N) is 2. The van der Waals surface area contributed by atoms with Gasteiger partial charge in [0.1, 0.15) is 19.8 Å². The molecule has 0 heterocycles. The standard InChI is InChI=1S/C34H45N3O10/c1-39-13-16-42-19-22-45-31-25-27(34(38)35-28-9-11-30(12-10-28)37-36-29-7-5-4-6-8-29)26-32(46-23-20-43-17-14-40-2)33(31)47-24-21-44-18-15-41-3/h4-12,25-26H,13-24H2,1-3H3,(H,35,38)/b37-36+.